The normalized spacial score (nSPS) is 31.8. The fourth-order valence-corrected chi connectivity index (χ4v) is 1.94. The summed E-state index contributed by atoms with van der Waals surface area (Å²) < 4.78 is 5.57. The van der Waals surface area contributed by atoms with E-state index in [1.165, 1.54) is 0 Å². The van der Waals surface area contributed by atoms with Crippen LogP contribution in [0.4, 0.5) is 0 Å². The first-order chi connectivity index (χ1) is 5.79. The van der Waals surface area contributed by atoms with E-state index in [0.29, 0.717) is 12.0 Å². The van der Waals surface area contributed by atoms with Crippen molar-refractivity contribution in [1.29, 1.82) is 0 Å². The van der Waals surface area contributed by atoms with Gasteiger partial charge in [-0.15, -0.1) is 6.58 Å². The van der Waals surface area contributed by atoms with E-state index in [0.717, 1.165) is 25.9 Å². The summed E-state index contributed by atoms with van der Waals surface area (Å²) in [5.74, 6) is 0.549. The van der Waals surface area contributed by atoms with Crippen LogP contribution >= 0.6 is 0 Å². The van der Waals surface area contributed by atoms with Gasteiger partial charge in [0.15, 0.2) is 0 Å². The Labute approximate surface area is 74.8 Å². The molecular formula is C10H19NO. The third kappa shape index (κ3) is 2.08. The summed E-state index contributed by atoms with van der Waals surface area (Å²) >= 11 is 0. The van der Waals surface area contributed by atoms with Crippen molar-refractivity contribution in [3.63, 3.8) is 0 Å². The van der Waals surface area contributed by atoms with Crippen LogP contribution < -0.4 is 5.73 Å². The highest BCUT2D eigenvalue weighted by atomic mass is 16.5. The topological polar surface area (TPSA) is 35.2 Å². The zero-order valence-corrected chi connectivity index (χ0v) is 7.83. The van der Waals surface area contributed by atoms with Crippen LogP contribution in [0.2, 0.25) is 0 Å². The van der Waals surface area contributed by atoms with Crippen LogP contribution in [0.25, 0.3) is 0 Å². The number of ether oxygens (including phenoxy) is 1. The van der Waals surface area contributed by atoms with E-state index < -0.39 is 0 Å². The molecule has 70 valence electrons. The number of hydrogen-bond acceptors (Lipinski definition) is 2. The summed E-state index contributed by atoms with van der Waals surface area (Å²) in [5.41, 5.74) is 6.00. The van der Waals surface area contributed by atoms with E-state index in [1.807, 2.05) is 6.08 Å². The van der Waals surface area contributed by atoms with Crippen molar-refractivity contribution in [3.05, 3.63) is 12.7 Å². The van der Waals surface area contributed by atoms with Gasteiger partial charge in [-0.25, -0.2) is 0 Å². The Morgan fingerprint density at radius 2 is 2.50 bits per heavy atom. The molecule has 0 aromatic heterocycles. The van der Waals surface area contributed by atoms with Gasteiger partial charge in [0.2, 0.25) is 0 Å². The first-order valence-electron chi connectivity index (χ1n) is 4.77. The molecular weight excluding hydrogens is 150 g/mol. The van der Waals surface area contributed by atoms with Crippen LogP contribution in [0.15, 0.2) is 12.7 Å². The molecule has 0 aromatic carbocycles. The molecule has 2 N–H and O–H groups in total. The van der Waals surface area contributed by atoms with Crippen LogP contribution in [-0.2, 0) is 4.74 Å². The lowest BCUT2D eigenvalue weighted by Gasteiger charge is -2.22. The molecule has 3 unspecified atom stereocenters. The molecule has 1 fully saturated rings. The molecule has 1 aliphatic heterocycles. The molecule has 12 heavy (non-hydrogen) atoms. The highest BCUT2D eigenvalue weighted by Crippen LogP contribution is 2.26. The molecule has 0 spiro atoms. The smallest absolute Gasteiger partial charge is 0.0616 e. The van der Waals surface area contributed by atoms with E-state index in [2.05, 4.69) is 13.5 Å². The predicted octanol–water partition coefficient (Wildman–Crippen LogP) is 1.70. The molecule has 0 saturated carbocycles. The summed E-state index contributed by atoms with van der Waals surface area (Å²) in [7, 11) is 0. The lowest BCUT2D eigenvalue weighted by atomic mass is 9.90. The van der Waals surface area contributed by atoms with Gasteiger partial charge in [-0.05, 0) is 19.3 Å². The zero-order chi connectivity index (χ0) is 8.97. The van der Waals surface area contributed by atoms with Crippen LogP contribution in [0.5, 0.6) is 0 Å². The van der Waals surface area contributed by atoms with Crippen molar-refractivity contribution in [1.82, 2.24) is 0 Å². The van der Waals surface area contributed by atoms with Crippen molar-refractivity contribution in [2.45, 2.75) is 38.3 Å². The average molecular weight is 169 g/mol. The highest BCUT2D eigenvalue weighted by Gasteiger charge is 2.30. The van der Waals surface area contributed by atoms with E-state index in [-0.39, 0.29) is 6.04 Å². The van der Waals surface area contributed by atoms with Gasteiger partial charge < -0.3 is 10.5 Å². The molecule has 1 rings (SSSR count). The molecule has 0 amide bonds. The number of rotatable bonds is 4. The van der Waals surface area contributed by atoms with E-state index in [1.54, 1.807) is 0 Å². The summed E-state index contributed by atoms with van der Waals surface area (Å²) in [6.45, 7) is 6.74. The van der Waals surface area contributed by atoms with Gasteiger partial charge >= 0.3 is 0 Å². The van der Waals surface area contributed by atoms with Gasteiger partial charge in [0.25, 0.3) is 0 Å². The average Bonchev–Trinajstić information content (AvgIpc) is 2.51. The Balaban J connectivity index is 2.42. The third-order valence-corrected chi connectivity index (χ3v) is 2.65. The Hall–Kier alpha value is -0.340. The summed E-state index contributed by atoms with van der Waals surface area (Å²) in [4.78, 5) is 0. The third-order valence-electron chi connectivity index (χ3n) is 2.65. The van der Waals surface area contributed by atoms with Crippen molar-refractivity contribution < 1.29 is 4.74 Å². The molecule has 1 heterocycles. The predicted molar refractivity (Wildman–Crippen MR) is 50.9 cm³/mol. The number of nitrogens with two attached hydrogens (primary N) is 1. The first kappa shape index (κ1) is 9.75. The SMILES string of the molecule is C=CCC(N)C1CCOC1CC. The van der Waals surface area contributed by atoms with E-state index >= 15 is 0 Å². The van der Waals surface area contributed by atoms with Crippen LogP contribution in [0, 0.1) is 5.92 Å². The van der Waals surface area contributed by atoms with Gasteiger partial charge in [-0.1, -0.05) is 13.0 Å². The second-order valence-electron chi connectivity index (χ2n) is 3.46. The molecule has 0 radical (unpaired) electrons. The molecule has 2 heteroatoms. The zero-order valence-electron chi connectivity index (χ0n) is 7.83. The lowest BCUT2D eigenvalue weighted by Crippen LogP contribution is -2.34. The van der Waals surface area contributed by atoms with Gasteiger partial charge in [0.05, 0.1) is 6.10 Å². The van der Waals surface area contributed by atoms with Gasteiger partial charge in [0, 0.05) is 18.6 Å². The standard InChI is InChI=1S/C10H19NO/c1-3-5-9(11)8-6-7-12-10(8)4-2/h3,8-10H,1,4-7,11H2,2H3. The van der Waals surface area contributed by atoms with Crippen molar-refractivity contribution in [2.24, 2.45) is 11.7 Å². The quantitative estimate of drug-likeness (QED) is 0.650. The maximum atomic E-state index is 6.00. The minimum atomic E-state index is 0.245. The Morgan fingerprint density at radius 3 is 3.08 bits per heavy atom. The van der Waals surface area contributed by atoms with Gasteiger partial charge in [-0.2, -0.15) is 0 Å². The second kappa shape index (κ2) is 4.63. The maximum absolute atomic E-state index is 6.00. The molecule has 3 atom stereocenters. The minimum Gasteiger partial charge on any atom is -0.378 e. The molecule has 0 bridgehead atoms. The summed E-state index contributed by atoms with van der Waals surface area (Å²) in [5, 5.41) is 0. The molecule has 0 aliphatic carbocycles. The summed E-state index contributed by atoms with van der Waals surface area (Å²) in [6.07, 6.45) is 5.39. The van der Waals surface area contributed by atoms with Crippen LogP contribution in [0.1, 0.15) is 26.2 Å². The van der Waals surface area contributed by atoms with Crippen molar-refractivity contribution in [2.75, 3.05) is 6.61 Å². The van der Waals surface area contributed by atoms with Gasteiger partial charge in [0.1, 0.15) is 0 Å². The van der Waals surface area contributed by atoms with E-state index in [9.17, 15) is 0 Å². The molecule has 2 nitrogen and oxygen atoms in total. The minimum absolute atomic E-state index is 0.245. The first-order valence-corrected chi connectivity index (χ1v) is 4.77. The fraction of sp³-hybridized carbons (Fsp3) is 0.800. The Morgan fingerprint density at radius 1 is 1.75 bits per heavy atom. The Kier molecular flexibility index (Phi) is 3.76. The molecule has 1 saturated heterocycles. The largest absolute Gasteiger partial charge is 0.378 e. The lowest BCUT2D eigenvalue weighted by molar-refractivity contribution is 0.0816. The maximum Gasteiger partial charge on any atom is 0.0616 e. The van der Waals surface area contributed by atoms with Crippen LogP contribution in [-0.4, -0.2) is 18.8 Å². The fourth-order valence-electron chi connectivity index (χ4n) is 1.94. The van der Waals surface area contributed by atoms with E-state index in [4.69, 9.17) is 10.5 Å². The summed E-state index contributed by atoms with van der Waals surface area (Å²) in [6, 6.07) is 0.245. The number of hydrogen-bond donors (Lipinski definition) is 1. The van der Waals surface area contributed by atoms with Crippen molar-refractivity contribution in [3.8, 4) is 0 Å². The molecule has 1 aliphatic rings. The Bertz CT molecular complexity index is 147. The highest BCUT2D eigenvalue weighted by molar-refractivity contribution is 4.87. The second-order valence-corrected chi connectivity index (χ2v) is 3.46. The van der Waals surface area contributed by atoms with Crippen molar-refractivity contribution >= 4 is 0 Å². The van der Waals surface area contributed by atoms with Gasteiger partial charge in [-0.3, -0.25) is 0 Å². The monoisotopic (exact) mass is 169 g/mol. The molecule has 0 aromatic rings. The van der Waals surface area contributed by atoms with Crippen LogP contribution in [0.3, 0.4) is 0 Å².